The highest BCUT2D eigenvalue weighted by molar-refractivity contribution is 5.91. The van der Waals surface area contributed by atoms with E-state index in [9.17, 15) is 29.4 Å². The van der Waals surface area contributed by atoms with Gasteiger partial charge in [0.05, 0.1) is 18.1 Å². The molecule has 1 saturated heterocycles. The highest BCUT2D eigenvalue weighted by atomic mass is 16.6. The Labute approximate surface area is 232 Å². The first-order chi connectivity index (χ1) is 18.9. The van der Waals surface area contributed by atoms with E-state index in [4.69, 9.17) is 9.47 Å². The maximum Gasteiger partial charge on any atom is 0.330 e. The van der Waals surface area contributed by atoms with Crippen molar-refractivity contribution in [1.82, 2.24) is 9.55 Å². The molecule has 1 aliphatic heterocycles. The summed E-state index contributed by atoms with van der Waals surface area (Å²) < 4.78 is 12.9. The molecule has 2 heterocycles. The molecule has 3 saturated carbocycles. The number of carbonyl (C=O) groups is 2. The number of aliphatic hydroxyl groups is 2. The third-order valence-electron chi connectivity index (χ3n) is 11.2. The maximum atomic E-state index is 13.5. The van der Waals surface area contributed by atoms with Crippen molar-refractivity contribution < 1.29 is 29.3 Å². The Morgan fingerprint density at radius 1 is 1.15 bits per heavy atom. The smallest absolute Gasteiger partial charge is 0.330 e. The molecule has 4 aliphatic carbocycles. The van der Waals surface area contributed by atoms with E-state index in [2.05, 4.69) is 18.8 Å². The second-order valence-corrected chi connectivity index (χ2v) is 13.3. The monoisotopic (exact) mass is 556 g/mol. The Bertz CT molecular complexity index is 1360. The molecule has 1 aromatic rings. The van der Waals surface area contributed by atoms with Crippen LogP contribution in [-0.2, 0) is 19.1 Å². The van der Waals surface area contributed by atoms with Gasteiger partial charge in [0, 0.05) is 24.6 Å². The number of H-pyrrole nitrogens is 1. The van der Waals surface area contributed by atoms with E-state index in [0.717, 1.165) is 25.7 Å². The van der Waals surface area contributed by atoms with Crippen molar-refractivity contribution in [3.8, 4) is 0 Å². The zero-order chi connectivity index (χ0) is 28.6. The fourth-order valence-electron chi connectivity index (χ4n) is 9.18. The second kappa shape index (κ2) is 9.77. The van der Waals surface area contributed by atoms with Crippen molar-refractivity contribution in [2.45, 2.75) is 96.7 Å². The predicted molar refractivity (Wildman–Crippen MR) is 143 cm³/mol. The van der Waals surface area contributed by atoms with E-state index < -0.39 is 41.2 Å². The van der Waals surface area contributed by atoms with Gasteiger partial charge in [0.15, 0.2) is 5.78 Å². The zero-order valence-electron chi connectivity index (χ0n) is 23.4. The normalized spacial score (nSPS) is 42.5. The van der Waals surface area contributed by atoms with E-state index in [1.54, 1.807) is 6.92 Å². The number of rotatable bonds is 4. The number of aromatic amines is 1. The number of aryl methyl sites for hydroxylation is 1. The highest BCUT2D eigenvalue weighted by Crippen LogP contribution is 2.66. The van der Waals surface area contributed by atoms with E-state index in [0.29, 0.717) is 36.7 Å². The Balaban J connectivity index is 1.13. The van der Waals surface area contributed by atoms with E-state index in [1.165, 1.54) is 16.3 Å². The van der Waals surface area contributed by atoms with Crippen LogP contribution in [0.4, 0.5) is 0 Å². The fourth-order valence-corrected chi connectivity index (χ4v) is 9.18. The molecule has 10 atom stereocenters. The number of allylic oxidation sites excluding steroid dienone is 1. The van der Waals surface area contributed by atoms with Gasteiger partial charge < -0.3 is 19.7 Å². The number of aliphatic hydroxyl groups excluding tert-OH is 2. The van der Waals surface area contributed by atoms with Gasteiger partial charge in [-0.25, -0.2) is 4.79 Å². The SMILES string of the molecule is Cc1cn([C@H]2C[C@H](O)[C@@H](COC(=O)C3CCC4C5CCC6=CC(=O)CC[C@]6(C)C5C(O)C[C@]34C)O2)c(=O)[nH]c1=O. The third-order valence-corrected chi connectivity index (χ3v) is 11.2. The summed E-state index contributed by atoms with van der Waals surface area (Å²) in [4.78, 5) is 51.8. The lowest BCUT2D eigenvalue weighted by atomic mass is 9.46. The number of aromatic nitrogens is 2. The molecule has 0 spiro atoms. The van der Waals surface area contributed by atoms with Crippen LogP contribution in [0, 0.1) is 41.4 Å². The summed E-state index contributed by atoms with van der Waals surface area (Å²) >= 11 is 0. The number of ether oxygens (including phenoxy) is 2. The van der Waals surface area contributed by atoms with Gasteiger partial charge in [-0.05, 0) is 80.1 Å². The molecule has 5 aliphatic rings. The van der Waals surface area contributed by atoms with Crippen LogP contribution in [0.3, 0.4) is 0 Å². The van der Waals surface area contributed by atoms with Crippen molar-refractivity contribution >= 4 is 11.8 Å². The Morgan fingerprint density at radius 2 is 1.93 bits per heavy atom. The first-order valence-electron chi connectivity index (χ1n) is 14.7. The minimum Gasteiger partial charge on any atom is -0.463 e. The van der Waals surface area contributed by atoms with Crippen molar-refractivity contribution in [3.05, 3.63) is 44.2 Å². The molecular weight excluding hydrogens is 516 g/mol. The maximum absolute atomic E-state index is 13.5. The third kappa shape index (κ3) is 4.25. The van der Waals surface area contributed by atoms with Crippen LogP contribution < -0.4 is 11.2 Å². The molecule has 10 nitrogen and oxygen atoms in total. The average Bonchev–Trinajstić information content (AvgIpc) is 3.43. The summed E-state index contributed by atoms with van der Waals surface area (Å²) in [5, 5.41) is 22.1. The van der Waals surface area contributed by atoms with Gasteiger partial charge in [-0.15, -0.1) is 0 Å². The molecule has 0 amide bonds. The van der Waals surface area contributed by atoms with Crippen LogP contribution in [0.2, 0.25) is 0 Å². The van der Waals surface area contributed by atoms with Crippen LogP contribution in [0.25, 0.3) is 0 Å². The lowest BCUT2D eigenvalue weighted by Crippen LogP contribution is -2.57. The van der Waals surface area contributed by atoms with Gasteiger partial charge in [0.2, 0.25) is 0 Å². The summed E-state index contributed by atoms with van der Waals surface area (Å²) in [5.74, 6) is 0.173. The molecule has 40 heavy (non-hydrogen) atoms. The van der Waals surface area contributed by atoms with Crippen LogP contribution in [0.15, 0.2) is 27.4 Å². The summed E-state index contributed by atoms with van der Waals surface area (Å²) in [7, 11) is 0. The summed E-state index contributed by atoms with van der Waals surface area (Å²) in [6.45, 7) is 5.78. The first kappa shape index (κ1) is 27.6. The predicted octanol–water partition coefficient (Wildman–Crippen LogP) is 2.16. The number of ketones is 1. The van der Waals surface area contributed by atoms with Crippen LogP contribution >= 0.6 is 0 Å². The quantitative estimate of drug-likeness (QED) is 0.478. The summed E-state index contributed by atoms with van der Waals surface area (Å²) in [5.41, 5.74) is -0.115. The van der Waals surface area contributed by atoms with Crippen LogP contribution in [0.1, 0.15) is 77.0 Å². The molecule has 218 valence electrons. The van der Waals surface area contributed by atoms with Gasteiger partial charge in [-0.3, -0.25) is 23.9 Å². The van der Waals surface area contributed by atoms with Gasteiger partial charge in [0.25, 0.3) is 5.56 Å². The highest BCUT2D eigenvalue weighted by Gasteiger charge is 2.63. The van der Waals surface area contributed by atoms with Gasteiger partial charge >= 0.3 is 11.7 Å². The van der Waals surface area contributed by atoms with Crippen LogP contribution in [0.5, 0.6) is 0 Å². The molecule has 6 rings (SSSR count). The molecule has 4 fully saturated rings. The Morgan fingerprint density at radius 3 is 2.70 bits per heavy atom. The second-order valence-electron chi connectivity index (χ2n) is 13.3. The zero-order valence-corrected chi connectivity index (χ0v) is 23.4. The molecule has 0 aromatic carbocycles. The first-order valence-corrected chi connectivity index (χ1v) is 14.7. The van der Waals surface area contributed by atoms with E-state index in [1.807, 2.05) is 6.08 Å². The van der Waals surface area contributed by atoms with Gasteiger partial charge in [-0.1, -0.05) is 19.4 Å². The standard InChI is InChI=1S/C30H40N2O8/c1-15-13-32(28(38)31-26(15)36)24-11-21(34)23(40-24)14-39-27(37)20-7-6-19-18-5-4-16-10-17(33)8-9-29(16,2)25(18)22(35)12-30(19,20)3/h10,13,18-25,34-35H,4-9,11-12,14H2,1-3H3,(H,31,36,38)/t18?,19?,20?,21-,22?,23+,24+,25?,29-,30-/m0/s1. The molecule has 5 unspecified atom stereocenters. The molecule has 1 aromatic heterocycles. The van der Waals surface area contributed by atoms with Crippen LogP contribution in [-0.4, -0.2) is 56.4 Å². The number of nitrogens with zero attached hydrogens (tertiary/aromatic N) is 1. The Hall–Kier alpha value is -2.56. The number of esters is 1. The fraction of sp³-hybridized carbons (Fsp3) is 0.733. The lowest BCUT2D eigenvalue weighted by Gasteiger charge is -2.59. The molecule has 0 radical (unpaired) electrons. The number of nitrogens with one attached hydrogen (secondary N) is 1. The van der Waals surface area contributed by atoms with E-state index in [-0.39, 0.29) is 42.0 Å². The van der Waals surface area contributed by atoms with E-state index >= 15 is 0 Å². The van der Waals surface area contributed by atoms with Crippen molar-refractivity contribution in [2.24, 2.45) is 34.5 Å². The van der Waals surface area contributed by atoms with Crippen molar-refractivity contribution in [1.29, 1.82) is 0 Å². The minimum atomic E-state index is -0.936. The van der Waals surface area contributed by atoms with Crippen molar-refractivity contribution in [2.75, 3.05) is 6.61 Å². The number of hydrogen-bond acceptors (Lipinski definition) is 8. The Kier molecular flexibility index (Phi) is 6.74. The van der Waals surface area contributed by atoms with Crippen molar-refractivity contribution in [3.63, 3.8) is 0 Å². The molecule has 10 heteroatoms. The summed E-state index contributed by atoms with van der Waals surface area (Å²) in [6, 6.07) is 0. The lowest BCUT2D eigenvalue weighted by molar-refractivity contribution is -0.168. The number of hydrogen-bond donors (Lipinski definition) is 3. The minimum absolute atomic E-state index is 0.0902. The molecule has 0 bridgehead atoms. The molecule has 3 N–H and O–H groups in total. The summed E-state index contributed by atoms with van der Waals surface area (Å²) in [6.07, 6.45) is 5.51. The number of carbonyl (C=O) groups excluding carboxylic acids is 2. The topological polar surface area (TPSA) is 148 Å². The number of fused-ring (bicyclic) bond motifs is 5. The molecular formula is C30H40N2O8. The van der Waals surface area contributed by atoms with Gasteiger partial charge in [-0.2, -0.15) is 0 Å². The average molecular weight is 557 g/mol. The van der Waals surface area contributed by atoms with Gasteiger partial charge in [0.1, 0.15) is 18.9 Å². The largest absolute Gasteiger partial charge is 0.463 e.